The molecule has 6 nitrogen and oxygen atoms in total. The van der Waals surface area contributed by atoms with Crippen LogP contribution in [-0.4, -0.2) is 47.0 Å². The first kappa shape index (κ1) is 18.2. The molecule has 1 aromatic carbocycles. The van der Waals surface area contributed by atoms with E-state index in [9.17, 15) is 25.6 Å². The predicted octanol–water partition coefficient (Wildman–Crippen LogP) is 0.915. The monoisotopic (exact) mass is 368 g/mol. The Kier molecular flexibility index (Phi) is 5.39. The van der Waals surface area contributed by atoms with Gasteiger partial charge in [-0.25, -0.2) is 34.6 Å². The topological polar surface area (TPSA) is 83.6 Å². The van der Waals surface area contributed by atoms with Crippen molar-refractivity contribution in [2.75, 3.05) is 25.9 Å². The summed E-state index contributed by atoms with van der Waals surface area (Å²) in [6.45, 7) is 0.811. The zero-order valence-corrected chi connectivity index (χ0v) is 14.1. The molecule has 1 N–H and O–H groups in total. The van der Waals surface area contributed by atoms with Crippen LogP contribution < -0.4 is 4.72 Å². The highest BCUT2D eigenvalue weighted by Crippen LogP contribution is 2.20. The lowest BCUT2D eigenvalue weighted by atomic mass is 9.99. The lowest BCUT2D eigenvalue weighted by Crippen LogP contribution is -2.41. The summed E-state index contributed by atoms with van der Waals surface area (Å²) in [5.74, 6) is -2.35. The van der Waals surface area contributed by atoms with Crippen LogP contribution in [0.2, 0.25) is 0 Å². The maximum atomic E-state index is 13.1. The molecule has 0 spiro atoms. The molecular weight excluding hydrogens is 350 g/mol. The van der Waals surface area contributed by atoms with Crippen LogP contribution in [0.15, 0.2) is 23.1 Å². The third-order valence-electron chi connectivity index (χ3n) is 3.81. The van der Waals surface area contributed by atoms with Gasteiger partial charge in [0.2, 0.25) is 20.0 Å². The van der Waals surface area contributed by atoms with E-state index in [1.54, 1.807) is 0 Å². The Balaban J connectivity index is 1.94. The van der Waals surface area contributed by atoms with Crippen molar-refractivity contribution in [3.63, 3.8) is 0 Å². The quantitative estimate of drug-likeness (QED) is 0.838. The van der Waals surface area contributed by atoms with Crippen molar-refractivity contribution in [3.8, 4) is 0 Å². The Morgan fingerprint density at radius 1 is 1.13 bits per heavy atom. The van der Waals surface area contributed by atoms with Crippen molar-refractivity contribution in [2.45, 2.75) is 17.7 Å². The summed E-state index contributed by atoms with van der Waals surface area (Å²) in [5.41, 5.74) is 0. The summed E-state index contributed by atoms with van der Waals surface area (Å²) < 4.78 is 76.6. The van der Waals surface area contributed by atoms with E-state index in [1.165, 1.54) is 4.31 Å². The second kappa shape index (κ2) is 6.80. The second-order valence-electron chi connectivity index (χ2n) is 5.53. The Hall–Kier alpha value is -1.10. The fourth-order valence-electron chi connectivity index (χ4n) is 2.40. The Morgan fingerprint density at radius 3 is 2.26 bits per heavy atom. The smallest absolute Gasteiger partial charge is 0.213 e. The molecule has 10 heteroatoms. The zero-order chi connectivity index (χ0) is 17.3. The Labute approximate surface area is 134 Å². The van der Waals surface area contributed by atoms with E-state index in [2.05, 4.69) is 4.72 Å². The molecule has 0 saturated carbocycles. The van der Waals surface area contributed by atoms with Gasteiger partial charge in [0.05, 0.1) is 11.2 Å². The zero-order valence-electron chi connectivity index (χ0n) is 12.5. The minimum atomic E-state index is -3.93. The van der Waals surface area contributed by atoms with Crippen LogP contribution in [0.4, 0.5) is 8.78 Å². The number of benzene rings is 1. The molecule has 1 aliphatic heterocycles. The fraction of sp³-hybridized carbons (Fsp3) is 0.538. The van der Waals surface area contributed by atoms with Crippen LogP contribution in [0.5, 0.6) is 0 Å². The summed E-state index contributed by atoms with van der Waals surface area (Å²) in [5, 5.41) is 0. The molecule has 1 aliphatic rings. The lowest BCUT2D eigenvalue weighted by molar-refractivity contribution is 0.275. The van der Waals surface area contributed by atoms with E-state index >= 15 is 0 Å². The Morgan fingerprint density at radius 2 is 1.74 bits per heavy atom. The number of nitrogens with one attached hydrogen (secondary N) is 1. The first-order valence-corrected chi connectivity index (χ1v) is 10.3. The summed E-state index contributed by atoms with van der Waals surface area (Å²) >= 11 is 0. The third-order valence-corrected chi connectivity index (χ3v) is 6.53. The van der Waals surface area contributed by atoms with E-state index < -0.39 is 31.7 Å². The SMILES string of the molecule is CS(=O)(=O)N1CCC(CNS(=O)(=O)c2ccc(F)c(F)c2)CC1. The van der Waals surface area contributed by atoms with Gasteiger partial charge in [-0.05, 0) is 37.0 Å². The minimum absolute atomic E-state index is 0.00642. The van der Waals surface area contributed by atoms with Crippen LogP contribution in [0, 0.1) is 17.6 Å². The molecule has 0 amide bonds. The van der Waals surface area contributed by atoms with Gasteiger partial charge in [0.15, 0.2) is 11.6 Å². The molecule has 1 aromatic rings. The second-order valence-corrected chi connectivity index (χ2v) is 9.28. The number of nitrogens with zero attached hydrogens (tertiary/aromatic N) is 1. The van der Waals surface area contributed by atoms with Crippen molar-refractivity contribution < 1.29 is 25.6 Å². The van der Waals surface area contributed by atoms with Gasteiger partial charge >= 0.3 is 0 Å². The highest BCUT2D eigenvalue weighted by Gasteiger charge is 2.26. The van der Waals surface area contributed by atoms with Crippen molar-refractivity contribution in [2.24, 2.45) is 5.92 Å². The van der Waals surface area contributed by atoms with Gasteiger partial charge in [-0.1, -0.05) is 0 Å². The molecule has 23 heavy (non-hydrogen) atoms. The number of piperidine rings is 1. The van der Waals surface area contributed by atoms with Crippen molar-refractivity contribution in [3.05, 3.63) is 29.8 Å². The summed E-state index contributed by atoms with van der Waals surface area (Å²) in [6, 6.07) is 2.38. The van der Waals surface area contributed by atoms with Gasteiger partial charge in [0, 0.05) is 19.6 Å². The molecule has 0 aliphatic carbocycles. The van der Waals surface area contributed by atoms with Gasteiger partial charge in [-0.3, -0.25) is 0 Å². The van der Waals surface area contributed by atoms with E-state index in [0.717, 1.165) is 18.4 Å². The molecule has 130 valence electrons. The number of hydrogen-bond donors (Lipinski definition) is 1. The maximum absolute atomic E-state index is 13.1. The minimum Gasteiger partial charge on any atom is -0.213 e. The van der Waals surface area contributed by atoms with Crippen molar-refractivity contribution in [1.29, 1.82) is 0 Å². The third kappa shape index (κ3) is 4.69. The van der Waals surface area contributed by atoms with E-state index in [1.807, 2.05) is 0 Å². The Bertz CT molecular complexity index is 773. The first-order chi connectivity index (χ1) is 10.6. The average molecular weight is 368 g/mol. The standard InChI is InChI=1S/C13H18F2N2O4S2/c1-22(18,19)17-6-4-10(5-7-17)9-16-23(20,21)11-2-3-12(14)13(15)8-11/h2-3,8,10,16H,4-7,9H2,1H3. The normalized spacial score (nSPS) is 18.2. The highest BCUT2D eigenvalue weighted by molar-refractivity contribution is 7.89. The molecular formula is C13H18F2N2O4S2. The molecule has 1 saturated heterocycles. The van der Waals surface area contributed by atoms with Gasteiger partial charge in [0.25, 0.3) is 0 Å². The van der Waals surface area contributed by atoms with Crippen LogP contribution >= 0.6 is 0 Å². The predicted molar refractivity (Wildman–Crippen MR) is 80.7 cm³/mol. The molecule has 2 rings (SSSR count). The van der Waals surface area contributed by atoms with Crippen LogP contribution in [0.3, 0.4) is 0 Å². The van der Waals surface area contributed by atoms with Crippen molar-refractivity contribution >= 4 is 20.0 Å². The number of rotatable bonds is 5. The maximum Gasteiger partial charge on any atom is 0.240 e. The van der Waals surface area contributed by atoms with Crippen LogP contribution in [-0.2, 0) is 20.0 Å². The fourth-order valence-corrected chi connectivity index (χ4v) is 4.40. The molecule has 0 aromatic heterocycles. The highest BCUT2D eigenvalue weighted by atomic mass is 32.2. The molecule has 0 bridgehead atoms. The van der Waals surface area contributed by atoms with Crippen LogP contribution in [0.1, 0.15) is 12.8 Å². The summed E-state index contributed by atoms with van der Waals surface area (Å²) in [7, 11) is -7.16. The number of halogens is 2. The number of sulfonamides is 2. The van der Waals surface area contributed by atoms with E-state index in [4.69, 9.17) is 0 Å². The van der Waals surface area contributed by atoms with E-state index in [-0.39, 0.29) is 17.4 Å². The first-order valence-electron chi connectivity index (χ1n) is 6.99. The largest absolute Gasteiger partial charge is 0.240 e. The lowest BCUT2D eigenvalue weighted by Gasteiger charge is -2.30. The average Bonchev–Trinajstić information content (AvgIpc) is 2.47. The molecule has 0 atom stereocenters. The molecule has 1 heterocycles. The summed E-state index contributed by atoms with van der Waals surface area (Å²) in [4.78, 5) is -0.343. The van der Waals surface area contributed by atoms with Gasteiger partial charge in [-0.15, -0.1) is 0 Å². The van der Waals surface area contributed by atoms with Gasteiger partial charge in [-0.2, -0.15) is 0 Å². The van der Waals surface area contributed by atoms with Gasteiger partial charge in [0.1, 0.15) is 0 Å². The molecule has 0 radical (unpaired) electrons. The summed E-state index contributed by atoms with van der Waals surface area (Å²) in [6.07, 6.45) is 2.21. The van der Waals surface area contributed by atoms with E-state index in [0.29, 0.717) is 32.0 Å². The van der Waals surface area contributed by atoms with Gasteiger partial charge < -0.3 is 0 Å². The molecule has 0 unspecified atom stereocenters. The molecule has 1 fully saturated rings. The van der Waals surface area contributed by atoms with Crippen LogP contribution in [0.25, 0.3) is 0 Å². The number of hydrogen-bond acceptors (Lipinski definition) is 4. The van der Waals surface area contributed by atoms with Crippen molar-refractivity contribution in [1.82, 2.24) is 9.03 Å².